The summed E-state index contributed by atoms with van der Waals surface area (Å²) in [6.07, 6.45) is 0. The van der Waals surface area contributed by atoms with Gasteiger partial charge in [-0.15, -0.1) is 0 Å². The Morgan fingerprint density at radius 3 is 1.23 bits per heavy atom. The number of hydrogen-bond donors (Lipinski definition) is 0. The van der Waals surface area contributed by atoms with Gasteiger partial charge in [0.15, 0.2) is 0 Å². The van der Waals surface area contributed by atoms with Crippen LogP contribution in [0.1, 0.15) is 0 Å². The minimum absolute atomic E-state index is 0.0153. The van der Waals surface area contributed by atoms with Crippen LogP contribution in [0.3, 0.4) is 0 Å². The molecule has 0 aliphatic heterocycles. The van der Waals surface area contributed by atoms with Crippen LogP contribution in [0.4, 0.5) is 0 Å². The Labute approximate surface area is 247 Å². The van der Waals surface area contributed by atoms with E-state index in [1.165, 1.54) is 43.1 Å². The van der Waals surface area contributed by atoms with Gasteiger partial charge in [-0.25, -0.2) is 0 Å². The summed E-state index contributed by atoms with van der Waals surface area (Å²) in [5, 5.41) is 10.9. The number of rotatable bonds is 2. The first-order valence-electron chi connectivity index (χ1n) is 14.5. The van der Waals surface area contributed by atoms with Gasteiger partial charge in [0.1, 0.15) is 11.2 Å². The van der Waals surface area contributed by atoms with Crippen molar-refractivity contribution in [1.82, 2.24) is 0 Å². The van der Waals surface area contributed by atoms with Gasteiger partial charge in [0.25, 0.3) is 0 Å². The predicted molar refractivity (Wildman–Crippen MR) is 181 cm³/mol. The maximum absolute atomic E-state index is 13.9. The fraction of sp³-hybridized carbons (Fsp3) is 0. The van der Waals surface area contributed by atoms with Crippen LogP contribution in [0.25, 0.3) is 87.3 Å². The summed E-state index contributed by atoms with van der Waals surface area (Å²) in [5.74, 6) is 0. The Kier molecular flexibility index (Phi) is 5.08. The SMILES string of the molecule is O=c1c2cc(-c3ccc4c(ccc5ccccc54)c3)ccc2oc2ccc(-c3ccc4c(ccc5ccccc54)c3)cc12. The highest BCUT2D eigenvalue weighted by Crippen LogP contribution is 2.33. The molecule has 0 fully saturated rings. The standard InChI is InChI=1S/C41H24O2/c42-41-37-23-29(27-13-17-35-31(21-27)11-9-25-5-1-3-7-33(25)35)15-19-39(37)43-40-20-16-30(24-38(40)41)28-14-18-36-32(22-28)12-10-26-6-2-4-8-34(26)36/h1-24H. The molecular weight excluding hydrogens is 524 g/mol. The molecule has 0 amide bonds. The van der Waals surface area contributed by atoms with Gasteiger partial charge in [-0.3, -0.25) is 4.79 Å². The number of benzene rings is 8. The van der Waals surface area contributed by atoms with E-state index >= 15 is 0 Å². The van der Waals surface area contributed by atoms with Crippen LogP contribution in [0, 0.1) is 0 Å². The highest BCUT2D eigenvalue weighted by molar-refractivity contribution is 6.09. The molecule has 0 atom stereocenters. The smallest absolute Gasteiger partial charge is 0.200 e. The molecule has 2 heteroatoms. The van der Waals surface area contributed by atoms with Gasteiger partial charge in [0.2, 0.25) is 5.43 Å². The molecule has 43 heavy (non-hydrogen) atoms. The highest BCUT2D eigenvalue weighted by atomic mass is 16.3. The van der Waals surface area contributed by atoms with Crippen molar-refractivity contribution in [3.05, 3.63) is 156 Å². The van der Waals surface area contributed by atoms with Crippen molar-refractivity contribution < 1.29 is 4.42 Å². The maximum atomic E-state index is 13.9. The lowest BCUT2D eigenvalue weighted by Gasteiger charge is -2.10. The normalized spacial score (nSPS) is 11.8. The van der Waals surface area contributed by atoms with Crippen molar-refractivity contribution in [3.8, 4) is 22.3 Å². The summed E-state index contributed by atoms with van der Waals surface area (Å²) in [4.78, 5) is 13.9. The molecule has 2 nitrogen and oxygen atoms in total. The van der Waals surface area contributed by atoms with Crippen LogP contribution in [0.2, 0.25) is 0 Å². The Bertz CT molecular complexity index is 2460. The first kappa shape index (κ1) is 23.9. The lowest BCUT2D eigenvalue weighted by molar-refractivity contribution is 0.660. The van der Waals surface area contributed by atoms with Crippen molar-refractivity contribution in [2.45, 2.75) is 0 Å². The Morgan fingerprint density at radius 1 is 0.326 bits per heavy atom. The van der Waals surface area contributed by atoms with E-state index in [0.29, 0.717) is 21.9 Å². The molecule has 0 saturated carbocycles. The molecule has 0 N–H and O–H groups in total. The molecule has 9 aromatic rings. The first-order valence-corrected chi connectivity index (χ1v) is 14.5. The van der Waals surface area contributed by atoms with Crippen LogP contribution in [-0.4, -0.2) is 0 Å². The molecule has 0 aliphatic rings. The second kappa shape index (κ2) is 9.14. The zero-order chi connectivity index (χ0) is 28.5. The van der Waals surface area contributed by atoms with E-state index in [-0.39, 0.29) is 5.43 Å². The average molecular weight is 549 g/mol. The van der Waals surface area contributed by atoms with E-state index in [4.69, 9.17) is 4.42 Å². The van der Waals surface area contributed by atoms with Crippen molar-refractivity contribution in [3.63, 3.8) is 0 Å². The van der Waals surface area contributed by atoms with Gasteiger partial charge in [-0.05, 0) is 102 Å². The minimum atomic E-state index is -0.0153. The summed E-state index contributed by atoms with van der Waals surface area (Å²) < 4.78 is 6.25. The zero-order valence-electron chi connectivity index (χ0n) is 23.2. The van der Waals surface area contributed by atoms with E-state index in [1.807, 2.05) is 36.4 Å². The van der Waals surface area contributed by atoms with E-state index in [2.05, 4.69) is 109 Å². The minimum Gasteiger partial charge on any atom is -0.456 e. The van der Waals surface area contributed by atoms with Crippen molar-refractivity contribution in [1.29, 1.82) is 0 Å². The third-order valence-electron chi connectivity index (χ3n) is 8.82. The topological polar surface area (TPSA) is 30.2 Å². The Hall–Kier alpha value is -5.73. The second-order valence-corrected chi connectivity index (χ2v) is 11.3. The molecule has 200 valence electrons. The second-order valence-electron chi connectivity index (χ2n) is 11.3. The van der Waals surface area contributed by atoms with Crippen LogP contribution in [0.15, 0.2) is 155 Å². The van der Waals surface area contributed by atoms with Crippen molar-refractivity contribution in [2.75, 3.05) is 0 Å². The van der Waals surface area contributed by atoms with Gasteiger partial charge < -0.3 is 4.42 Å². The van der Waals surface area contributed by atoms with Gasteiger partial charge in [0.05, 0.1) is 10.8 Å². The van der Waals surface area contributed by atoms with E-state index < -0.39 is 0 Å². The lowest BCUT2D eigenvalue weighted by atomic mass is 9.96. The fourth-order valence-corrected chi connectivity index (χ4v) is 6.60. The fourth-order valence-electron chi connectivity index (χ4n) is 6.60. The summed E-state index contributed by atoms with van der Waals surface area (Å²) in [6.45, 7) is 0. The molecule has 0 unspecified atom stereocenters. The molecule has 0 radical (unpaired) electrons. The maximum Gasteiger partial charge on any atom is 0.200 e. The summed E-state index contributed by atoms with van der Waals surface area (Å²) >= 11 is 0. The molecule has 8 aromatic carbocycles. The molecule has 0 aliphatic carbocycles. The number of hydrogen-bond acceptors (Lipinski definition) is 2. The largest absolute Gasteiger partial charge is 0.456 e. The molecule has 9 rings (SSSR count). The van der Waals surface area contributed by atoms with Gasteiger partial charge in [-0.1, -0.05) is 109 Å². The average Bonchev–Trinajstić information content (AvgIpc) is 3.07. The lowest BCUT2D eigenvalue weighted by Crippen LogP contribution is -2.02. The van der Waals surface area contributed by atoms with Crippen LogP contribution >= 0.6 is 0 Å². The molecule has 0 saturated heterocycles. The summed E-state index contributed by atoms with van der Waals surface area (Å²) in [6, 6.07) is 50.4. The van der Waals surface area contributed by atoms with Crippen LogP contribution in [0.5, 0.6) is 0 Å². The Morgan fingerprint density at radius 2 is 0.721 bits per heavy atom. The molecule has 0 bridgehead atoms. The quantitative estimate of drug-likeness (QED) is 0.159. The zero-order valence-corrected chi connectivity index (χ0v) is 23.2. The van der Waals surface area contributed by atoms with Crippen molar-refractivity contribution >= 4 is 65.0 Å². The predicted octanol–water partition coefficient (Wildman–Crippen LogP) is 10.9. The van der Waals surface area contributed by atoms with Gasteiger partial charge in [0, 0.05) is 0 Å². The van der Waals surface area contributed by atoms with Gasteiger partial charge in [-0.2, -0.15) is 0 Å². The molecule has 1 heterocycles. The van der Waals surface area contributed by atoms with Crippen LogP contribution in [-0.2, 0) is 0 Å². The molecule has 0 spiro atoms. The monoisotopic (exact) mass is 548 g/mol. The van der Waals surface area contributed by atoms with Crippen LogP contribution < -0.4 is 5.43 Å². The summed E-state index contributed by atoms with van der Waals surface area (Å²) in [7, 11) is 0. The number of fused-ring (bicyclic) bond motifs is 8. The van der Waals surface area contributed by atoms with Crippen molar-refractivity contribution in [2.24, 2.45) is 0 Å². The van der Waals surface area contributed by atoms with E-state index in [0.717, 1.165) is 22.3 Å². The third kappa shape index (κ3) is 3.77. The van der Waals surface area contributed by atoms with E-state index in [1.54, 1.807) is 0 Å². The molecular formula is C41H24O2. The molecule has 1 aromatic heterocycles. The summed E-state index contributed by atoms with van der Waals surface area (Å²) in [5.41, 5.74) is 5.30. The first-order chi connectivity index (χ1) is 21.2. The van der Waals surface area contributed by atoms with E-state index in [9.17, 15) is 4.79 Å². The third-order valence-corrected chi connectivity index (χ3v) is 8.82. The Balaban J connectivity index is 1.16. The van der Waals surface area contributed by atoms with Gasteiger partial charge >= 0.3 is 0 Å². The highest BCUT2D eigenvalue weighted by Gasteiger charge is 2.12.